The molecule has 0 aromatic heterocycles. The molecule has 0 aromatic rings. The van der Waals surface area contributed by atoms with Gasteiger partial charge in [-0.2, -0.15) is 0 Å². The molecule has 0 spiro atoms. The maximum atomic E-state index is 13.6. The Labute approximate surface area is 61.6 Å². The standard InChI is InChI=1S/C8H15FO/c1-7(2)8(9)3-5-10-6-4-8/h7H,3-6H2,1-2H3. The third kappa shape index (κ3) is 1.48. The smallest absolute Gasteiger partial charge is 0.117 e. The topological polar surface area (TPSA) is 9.23 Å². The molecule has 1 heterocycles. The molecule has 2 heteroatoms. The lowest BCUT2D eigenvalue weighted by Gasteiger charge is -2.32. The molecule has 0 radical (unpaired) electrons. The Morgan fingerprint density at radius 3 is 2.10 bits per heavy atom. The lowest BCUT2D eigenvalue weighted by molar-refractivity contribution is -0.0342. The Morgan fingerprint density at radius 1 is 1.30 bits per heavy atom. The lowest BCUT2D eigenvalue weighted by atomic mass is 9.85. The van der Waals surface area contributed by atoms with Crippen molar-refractivity contribution in [2.24, 2.45) is 5.92 Å². The van der Waals surface area contributed by atoms with Gasteiger partial charge < -0.3 is 4.74 Å². The molecule has 1 saturated heterocycles. The Kier molecular flexibility index (Phi) is 2.29. The van der Waals surface area contributed by atoms with Crippen LogP contribution in [-0.4, -0.2) is 18.9 Å². The summed E-state index contributed by atoms with van der Waals surface area (Å²) in [7, 11) is 0. The average molecular weight is 146 g/mol. The number of ether oxygens (including phenoxy) is 1. The van der Waals surface area contributed by atoms with Crippen molar-refractivity contribution in [2.45, 2.75) is 32.4 Å². The fraction of sp³-hybridized carbons (Fsp3) is 1.00. The molecule has 1 rings (SSSR count). The number of hydrogen-bond acceptors (Lipinski definition) is 1. The molecule has 0 bridgehead atoms. The van der Waals surface area contributed by atoms with E-state index in [1.807, 2.05) is 13.8 Å². The first kappa shape index (κ1) is 7.99. The lowest BCUT2D eigenvalue weighted by Crippen LogP contribution is -2.36. The number of halogens is 1. The first-order valence-corrected chi connectivity index (χ1v) is 3.92. The molecule has 0 N–H and O–H groups in total. The second-order valence-electron chi connectivity index (χ2n) is 3.30. The summed E-state index contributed by atoms with van der Waals surface area (Å²) in [4.78, 5) is 0. The van der Waals surface area contributed by atoms with Crippen molar-refractivity contribution in [2.75, 3.05) is 13.2 Å². The largest absolute Gasteiger partial charge is 0.381 e. The van der Waals surface area contributed by atoms with E-state index in [1.54, 1.807) is 0 Å². The second-order valence-corrected chi connectivity index (χ2v) is 3.30. The average Bonchev–Trinajstić information content (AvgIpc) is 1.89. The highest BCUT2D eigenvalue weighted by Gasteiger charge is 2.35. The van der Waals surface area contributed by atoms with Crippen molar-refractivity contribution >= 4 is 0 Å². The zero-order chi connectivity index (χ0) is 7.61. The van der Waals surface area contributed by atoms with Crippen molar-refractivity contribution in [1.82, 2.24) is 0 Å². The summed E-state index contributed by atoms with van der Waals surface area (Å²) in [5.74, 6) is 0.136. The van der Waals surface area contributed by atoms with E-state index in [0.717, 1.165) is 0 Å². The summed E-state index contributed by atoms with van der Waals surface area (Å²) in [6, 6.07) is 0. The van der Waals surface area contributed by atoms with Crippen LogP contribution < -0.4 is 0 Å². The van der Waals surface area contributed by atoms with Gasteiger partial charge in [-0.1, -0.05) is 13.8 Å². The van der Waals surface area contributed by atoms with Gasteiger partial charge in [-0.15, -0.1) is 0 Å². The molecule has 1 nitrogen and oxygen atoms in total. The molecule has 60 valence electrons. The Hall–Kier alpha value is -0.110. The number of hydrogen-bond donors (Lipinski definition) is 0. The van der Waals surface area contributed by atoms with Gasteiger partial charge in [0.2, 0.25) is 0 Å². The summed E-state index contributed by atoms with van der Waals surface area (Å²) in [5, 5.41) is 0. The van der Waals surface area contributed by atoms with Gasteiger partial charge in [0, 0.05) is 26.1 Å². The zero-order valence-electron chi connectivity index (χ0n) is 6.69. The highest BCUT2D eigenvalue weighted by molar-refractivity contribution is 4.84. The zero-order valence-corrected chi connectivity index (χ0v) is 6.69. The normalized spacial score (nSPS) is 25.2. The van der Waals surface area contributed by atoms with E-state index in [2.05, 4.69) is 0 Å². The molecule has 1 fully saturated rings. The molecule has 10 heavy (non-hydrogen) atoms. The van der Waals surface area contributed by atoms with Crippen LogP contribution in [-0.2, 0) is 4.74 Å². The SMILES string of the molecule is CC(C)C1(F)CCOCC1. The van der Waals surface area contributed by atoms with E-state index in [4.69, 9.17) is 4.74 Å². The highest BCUT2D eigenvalue weighted by Crippen LogP contribution is 2.32. The maximum absolute atomic E-state index is 13.6. The predicted molar refractivity (Wildman–Crippen MR) is 38.7 cm³/mol. The van der Waals surface area contributed by atoms with Crippen LogP contribution in [0.3, 0.4) is 0 Å². The van der Waals surface area contributed by atoms with Crippen molar-refractivity contribution in [3.05, 3.63) is 0 Å². The van der Waals surface area contributed by atoms with Crippen molar-refractivity contribution < 1.29 is 9.13 Å². The van der Waals surface area contributed by atoms with Gasteiger partial charge in [0.15, 0.2) is 0 Å². The summed E-state index contributed by atoms with van der Waals surface area (Å²) in [6.45, 7) is 5.06. The minimum atomic E-state index is -0.946. The van der Waals surface area contributed by atoms with Crippen molar-refractivity contribution in [3.8, 4) is 0 Å². The van der Waals surface area contributed by atoms with Gasteiger partial charge in [0.1, 0.15) is 5.67 Å². The molecule has 0 aliphatic carbocycles. The fourth-order valence-electron chi connectivity index (χ4n) is 1.29. The quantitative estimate of drug-likeness (QED) is 0.551. The van der Waals surface area contributed by atoms with Crippen LogP contribution in [0.1, 0.15) is 26.7 Å². The first-order chi connectivity index (χ1) is 4.65. The van der Waals surface area contributed by atoms with Gasteiger partial charge in [-0.05, 0) is 5.92 Å². The van der Waals surface area contributed by atoms with Crippen LogP contribution in [0.5, 0.6) is 0 Å². The van der Waals surface area contributed by atoms with Crippen LogP contribution in [0, 0.1) is 5.92 Å². The monoisotopic (exact) mass is 146 g/mol. The molecule has 0 amide bonds. The van der Waals surface area contributed by atoms with E-state index in [-0.39, 0.29) is 5.92 Å². The molecular formula is C8H15FO. The molecule has 0 unspecified atom stereocenters. The molecular weight excluding hydrogens is 131 g/mol. The van der Waals surface area contributed by atoms with Crippen molar-refractivity contribution in [1.29, 1.82) is 0 Å². The van der Waals surface area contributed by atoms with Crippen LogP contribution in [0.15, 0.2) is 0 Å². The molecule has 0 aromatic carbocycles. The summed E-state index contributed by atoms with van der Waals surface area (Å²) < 4.78 is 18.7. The van der Waals surface area contributed by atoms with Gasteiger partial charge in [0.05, 0.1) is 0 Å². The third-order valence-corrected chi connectivity index (χ3v) is 2.36. The second kappa shape index (κ2) is 2.87. The van der Waals surface area contributed by atoms with E-state index in [9.17, 15) is 4.39 Å². The Bertz CT molecular complexity index is 106. The molecule has 0 saturated carbocycles. The van der Waals surface area contributed by atoms with Crippen LogP contribution in [0.4, 0.5) is 4.39 Å². The molecule has 0 atom stereocenters. The minimum Gasteiger partial charge on any atom is -0.381 e. The van der Waals surface area contributed by atoms with Gasteiger partial charge in [0.25, 0.3) is 0 Å². The van der Waals surface area contributed by atoms with Crippen LogP contribution in [0.25, 0.3) is 0 Å². The van der Waals surface area contributed by atoms with Crippen LogP contribution >= 0.6 is 0 Å². The predicted octanol–water partition coefficient (Wildman–Crippen LogP) is 2.16. The summed E-state index contributed by atoms with van der Waals surface area (Å²) >= 11 is 0. The number of alkyl halides is 1. The van der Waals surface area contributed by atoms with E-state index in [0.29, 0.717) is 26.1 Å². The van der Waals surface area contributed by atoms with Gasteiger partial charge >= 0.3 is 0 Å². The third-order valence-electron chi connectivity index (χ3n) is 2.36. The minimum absolute atomic E-state index is 0.136. The number of rotatable bonds is 1. The van der Waals surface area contributed by atoms with Gasteiger partial charge in [-0.25, -0.2) is 4.39 Å². The Morgan fingerprint density at radius 2 is 1.80 bits per heavy atom. The maximum Gasteiger partial charge on any atom is 0.117 e. The summed E-state index contributed by atoms with van der Waals surface area (Å²) in [6.07, 6.45) is 1.15. The van der Waals surface area contributed by atoms with E-state index >= 15 is 0 Å². The highest BCUT2D eigenvalue weighted by atomic mass is 19.1. The van der Waals surface area contributed by atoms with Crippen molar-refractivity contribution in [3.63, 3.8) is 0 Å². The van der Waals surface area contributed by atoms with Gasteiger partial charge in [-0.3, -0.25) is 0 Å². The first-order valence-electron chi connectivity index (χ1n) is 3.92. The van der Waals surface area contributed by atoms with E-state index < -0.39 is 5.67 Å². The molecule has 1 aliphatic heterocycles. The van der Waals surface area contributed by atoms with Crippen LogP contribution in [0.2, 0.25) is 0 Å². The Balaban J connectivity index is 2.48. The van der Waals surface area contributed by atoms with E-state index in [1.165, 1.54) is 0 Å². The summed E-state index contributed by atoms with van der Waals surface area (Å²) in [5.41, 5.74) is -0.946. The molecule has 1 aliphatic rings. The fourth-order valence-corrected chi connectivity index (χ4v) is 1.29.